The van der Waals surface area contributed by atoms with Gasteiger partial charge in [0.1, 0.15) is 0 Å². The second kappa shape index (κ2) is 5.62. The lowest BCUT2D eigenvalue weighted by Gasteiger charge is -2.21. The lowest BCUT2D eigenvalue weighted by atomic mass is 10.3. The van der Waals surface area contributed by atoms with E-state index in [1.54, 1.807) is 11.8 Å². The van der Waals surface area contributed by atoms with E-state index < -0.39 is 5.97 Å². The van der Waals surface area contributed by atoms with Crippen molar-refractivity contribution >= 4 is 5.97 Å². The third kappa shape index (κ3) is 4.75. The minimum atomic E-state index is -0.804. The number of carbonyl (C=O) groups is 1. The van der Waals surface area contributed by atoms with Gasteiger partial charge in [-0.05, 0) is 20.8 Å². The standard InChI is InChI=1S/C9H15NO2/c1-4-5-6-10(8(2)3)7-9(11)12/h8H,6-7H2,1-3H3,(H,11,12). The zero-order valence-electron chi connectivity index (χ0n) is 7.79. The summed E-state index contributed by atoms with van der Waals surface area (Å²) >= 11 is 0. The monoisotopic (exact) mass is 169 g/mol. The first-order chi connectivity index (χ1) is 5.57. The Kier molecular flexibility index (Phi) is 5.14. The largest absolute Gasteiger partial charge is 0.480 e. The molecule has 0 saturated heterocycles. The van der Waals surface area contributed by atoms with Gasteiger partial charge in [-0.15, -0.1) is 5.92 Å². The molecule has 0 spiro atoms. The fraction of sp³-hybridized carbons (Fsp3) is 0.667. The van der Waals surface area contributed by atoms with E-state index in [-0.39, 0.29) is 12.6 Å². The number of nitrogens with zero attached hydrogens (tertiary/aromatic N) is 1. The third-order valence-electron chi connectivity index (χ3n) is 1.53. The molecule has 0 rings (SSSR count). The predicted octanol–water partition coefficient (Wildman–Crippen LogP) is 0.805. The molecule has 0 aromatic rings. The Bertz CT molecular complexity index is 200. The first-order valence-electron chi connectivity index (χ1n) is 3.93. The van der Waals surface area contributed by atoms with E-state index in [1.807, 2.05) is 13.8 Å². The van der Waals surface area contributed by atoms with E-state index in [0.717, 1.165) is 0 Å². The maximum absolute atomic E-state index is 10.4. The molecular formula is C9H15NO2. The summed E-state index contributed by atoms with van der Waals surface area (Å²) in [6, 6.07) is 0.224. The maximum Gasteiger partial charge on any atom is 0.317 e. The number of carboxylic acid groups (broad SMARTS) is 1. The number of hydrogen-bond donors (Lipinski definition) is 1. The van der Waals surface area contributed by atoms with Gasteiger partial charge in [0.25, 0.3) is 0 Å². The van der Waals surface area contributed by atoms with Gasteiger partial charge in [-0.2, -0.15) is 0 Å². The number of aliphatic carboxylic acids is 1. The average molecular weight is 169 g/mol. The van der Waals surface area contributed by atoms with Crippen LogP contribution >= 0.6 is 0 Å². The van der Waals surface area contributed by atoms with E-state index in [9.17, 15) is 4.79 Å². The molecule has 0 bridgehead atoms. The molecule has 0 atom stereocenters. The summed E-state index contributed by atoms with van der Waals surface area (Å²) in [7, 11) is 0. The van der Waals surface area contributed by atoms with Crippen LogP contribution in [0.25, 0.3) is 0 Å². The molecule has 0 fully saturated rings. The SMILES string of the molecule is CC#CCN(CC(=O)O)C(C)C. The van der Waals surface area contributed by atoms with Crippen LogP contribution in [0.3, 0.4) is 0 Å². The Labute approximate surface area is 73.4 Å². The molecule has 68 valence electrons. The van der Waals surface area contributed by atoms with Gasteiger partial charge >= 0.3 is 5.97 Å². The van der Waals surface area contributed by atoms with Crippen molar-refractivity contribution in [3.8, 4) is 11.8 Å². The number of rotatable bonds is 4. The van der Waals surface area contributed by atoms with Crippen molar-refractivity contribution in [3.05, 3.63) is 0 Å². The van der Waals surface area contributed by atoms with Crippen LogP contribution in [0.5, 0.6) is 0 Å². The quantitative estimate of drug-likeness (QED) is 0.633. The lowest BCUT2D eigenvalue weighted by molar-refractivity contribution is -0.138. The van der Waals surface area contributed by atoms with Crippen molar-refractivity contribution in [2.75, 3.05) is 13.1 Å². The van der Waals surface area contributed by atoms with Gasteiger partial charge in [-0.1, -0.05) is 5.92 Å². The van der Waals surface area contributed by atoms with Crippen LogP contribution in [0.15, 0.2) is 0 Å². The molecule has 0 unspecified atom stereocenters. The zero-order valence-corrected chi connectivity index (χ0v) is 7.79. The summed E-state index contributed by atoms with van der Waals surface area (Å²) in [5.74, 6) is 4.79. The summed E-state index contributed by atoms with van der Waals surface area (Å²) < 4.78 is 0. The van der Waals surface area contributed by atoms with Crippen molar-refractivity contribution in [2.45, 2.75) is 26.8 Å². The Morgan fingerprint density at radius 2 is 2.17 bits per heavy atom. The van der Waals surface area contributed by atoms with Crippen molar-refractivity contribution in [1.82, 2.24) is 4.90 Å². The van der Waals surface area contributed by atoms with Crippen molar-refractivity contribution in [2.24, 2.45) is 0 Å². The van der Waals surface area contributed by atoms with Crippen LogP contribution in [-0.2, 0) is 4.79 Å². The molecular weight excluding hydrogens is 154 g/mol. The first kappa shape index (κ1) is 11.0. The highest BCUT2D eigenvalue weighted by molar-refractivity contribution is 5.69. The number of carboxylic acids is 1. The molecule has 0 heterocycles. The average Bonchev–Trinajstić information content (AvgIpc) is 1.96. The Morgan fingerprint density at radius 3 is 2.50 bits per heavy atom. The number of hydrogen-bond acceptors (Lipinski definition) is 2. The van der Waals surface area contributed by atoms with E-state index >= 15 is 0 Å². The maximum atomic E-state index is 10.4. The van der Waals surface area contributed by atoms with E-state index in [1.165, 1.54) is 0 Å². The van der Waals surface area contributed by atoms with Gasteiger partial charge in [0.05, 0.1) is 13.1 Å². The predicted molar refractivity (Wildman–Crippen MR) is 47.8 cm³/mol. The first-order valence-corrected chi connectivity index (χ1v) is 3.93. The third-order valence-corrected chi connectivity index (χ3v) is 1.53. The minimum absolute atomic E-state index is 0.0619. The molecule has 0 aliphatic heterocycles. The zero-order chi connectivity index (χ0) is 9.56. The highest BCUT2D eigenvalue weighted by Gasteiger charge is 2.10. The van der Waals surface area contributed by atoms with Crippen LogP contribution in [0.2, 0.25) is 0 Å². The van der Waals surface area contributed by atoms with Crippen LogP contribution in [0, 0.1) is 11.8 Å². The summed E-state index contributed by atoms with van der Waals surface area (Å²) in [4.78, 5) is 12.2. The molecule has 0 aliphatic rings. The van der Waals surface area contributed by atoms with Gasteiger partial charge in [0.15, 0.2) is 0 Å². The lowest BCUT2D eigenvalue weighted by Crippen LogP contribution is -2.35. The van der Waals surface area contributed by atoms with Crippen LogP contribution < -0.4 is 0 Å². The van der Waals surface area contributed by atoms with E-state index in [4.69, 9.17) is 5.11 Å². The normalized spacial score (nSPS) is 9.75. The molecule has 12 heavy (non-hydrogen) atoms. The van der Waals surface area contributed by atoms with Gasteiger partial charge in [-0.3, -0.25) is 9.69 Å². The summed E-state index contributed by atoms with van der Waals surface area (Å²) in [5.41, 5.74) is 0. The highest BCUT2D eigenvalue weighted by atomic mass is 16.4. The Morgan fingerprint density at radius 1 is 1.58 bits per heavy atom. The van der Waals surface area contributed by atoms with Crippen molar-refractivity contribution in [3.63, 3.8) is 0 Å². The minimum Gasteiger partial charge on any atom is -0.480 e. The molecule has 3 heteroatoms. The Hall–Kier alpha value is -1.01. The van der Waals surface area contributed by atoms with Gasteiger partial charge in [0, 0.05) is 6.04 Å². The molecule has 0 aromatic heterocycles. The van der Waals surface area contributed by atoms with Crippen LogP contribution in [0.1, 0.15) is 20.8 Å². The molecule has 0 radical (unpaired) electrons. The summed E-state index contributed by atoms with van der Waals surface area (Å²) in [5, 5.41) is 8.54. The highest BCUT2D eigenvalue weighted by Crippen LogP contribution is 1.95. The second-order valence-corrected chi connectivity index (χ2v) is 2.82. The van der Waals surface area contributed by atoms with Gasteiger partial charge in [0.2, 0.25) is 0 Å². The second-order valence-electron chi connectivity index (χ2n) is 2.82. The molecule has 0 aliphatic carbocycles. The topological polar surface area (TPSA) is 40.5 Å². The summed E-state index contributed by atoms with van der Waals surface area (Å²) in [6.45, 7) is 6.26. The summed E-state index contributed by atoms with van der Waals surface area (Å²) in [6.07, 6.45) is 0. The smallest absolute Gasteiger partial charge is 0.317 e. The van der Waals surface area contributed by atoms with Crippen molar-refractivity contribution < 1.29 is 9.90 Å². The Balaban J connectivity index is 4.01. The molecule has 0 aromatic carbocycles. The van der Waals surface area contributed by atoms with Gasteiger partial charge < -0.3 is 5.11 Å². The molecule has 0 saturated carbocycles. The fourth-order valence-electron chi connectivity index (χ4n) is 0.775. The van der Waals surface area contributed by atoms with E-state index in [0.29, 0.717) is 6.54 Å². The van der Waals surface area contributed by atoms with Crippen LogP contribution in [-0.4, -0.2) is 35.1 Å². The van der Waals surface area contributed by atoms with Crippen molar-refractivity contribution in [1.29, 1.82) is 0 Å². The van der Waals surface area contributed by atoms with Crippen LogP contribution in [0.4, 0.5) is 0 Å². The molecule has 0 amide bonds. The molecule has 3 nitrogen and oxygen atoms in total. The van der Waals surface area contributed by atoms with E-state index in [2.05, 4.69) is 11.8 Å². The van der Waals surface area contributed by atoms with Gasteiger partial charge in [-0.25, -0.2) is 0 Å². The molecule has 1 N–H and O–H groups in total. The fourth-order valence-corrected chi connectivity index (χ4v) is 0.775.